The minimum absolute atomic E-state index is 0.0679. The van der Waals surface area contributed by atoms with Gasteiger partial charge in [-0.1, -0.05) is 20.8 Å². The van der Waals surface area contributed by atoms with E-state index in [1.165, 1.54) is 5.01 Å². The summed E-state index contributed by atoms with van der Waals surface area (Å²) in [6, 6.07) is 1.78. The fourth-order valence-corrected chi connectivity index (χ4v) is 3.71. The van der Waals surface area contributed by atoms with E-state index in [1.54, 1.807) is 35.3 Å². The van der Waals surface area contributed by atoms with E-state index in [-0.39, 0.29) is 11.3 Å². The maximum atomic E-state index is 12.5. The largest absolute Gasteiger partial charge is 0.335 e. The zero-order valence-electron chi connectivity index (χ0n) is 14.8. The highest BCUT2D eigenvalue weighted by Gasteiger charge is 2.25. The molecule has 0 N–H and O–H groups in total. The van der Waals surface area contributed by atoms with Crippen LogP contribution >= 0.6 is 11.3 Å². The van der Waals surface area contributed by atoms with Crippen molar-refractivity contribution in [2.24, 2.45) is 7.05 Å². The van der Waals surface area contributed by atoms with Crippen molar-refractivity contribution in [3.8, 4) is 0 Å². The number of nitrogens with zero attached hydrogens (tertiary/aromatic N) is 5. The van der Waals surface area contributed by atoms with Gasteiger partial charge in [-0.15, -0.1) is 11.3 Å². The summed E-state index contributed by atoms with van der Waals surface area (Å²) in [5, 5.41) is 7.42. The third kappa shape index (κ3) is 3.67. The van der Waals surface area contributed by atoms with Gasteiger partial charge in [0.25, 0.3) is 5.91 Å². The third-order valence-electron chi connectivity index (χ3n) is 4.28. The lowest BCUT2D eigenvalue weighted by atomic mass is 9.98. The molecule has 0 atom stereocenters. The lowest BCUT2D eigenvalue weighted by Crippen LogP contribution is -2.48. The van der Waals surface area contributed by atoms with Crippen molar-refractivity contribution < 1.29 is 4.79 Å². The molecule has 7 heteroatoms. The van der Waals surface area contributed by atoms with E-state index >= 15 is 0 Å². The Hall–Kier alpha value is -1.73. The molecule has 1 aliphatic heterocycles. The predicted octanol–water partition coefficient (Wildman–Crippen LogP) is 2.13. The van der Waals surface area contributed by atoms with Gasteiger partial charge in [-0.25, -0.2) is 4.98 Å². The van der Waals surface area contributed by atoms with E-state index in [9.17, 15) is 4.79 Å². The minimum atomic E-state index is 0.0679. The second-order valence-electron chi connectivity index (χ2n) is 7.30. The Labute approximate surface area is 147 Å². The average molecular weight is 347 g/mol. The van der Waals surface area contributed by atoms with E-state index in [2.05, 4.69) is 36.1 Å². The number of piperazine rings is 1. The van der Waals surface area contributed by atoms with Crippen LogP contribution in [0.15, 0.2) is 17.6 Å². The number of thiazole rings is 1. The maximum Gasteiger partial charge on any atom is 0.272 e. The molecule has 1 saturated heterocycles. The molecule has 1 amide bonds. The number of carbonyl (C=O) groups is 1. The molecule has 0 saturated carbocycles. The number of hydrogen-bond donors (Lipinski definition) is 0. The summed E-state index contributed by atoms with van der Waals surface area (Å²) >= 11 is 1.74. The second kappa shape index (κ2) is 6.64. The average Bonchev–Trinajstić information content (AvgIpc) is 3.16. The Kier molecular flexibility index (Phi) is 4.73. The van der Waals surface area contributed by atoms with Crippen LogP contribution in [0, 0.1) is 0 Å². The molecular formula is C17H25N5OS. The number of aromatic nitrogens is 3. The number of aryl methyl sites for hydroxylation is 1. The van der Waals surface area contributed by atoms with Crippen molar-refractivity contribution in [1.29, 1.82) is 0 Å². The van der Waals surface area contributed by atoms with Gasteiger partial charge in [0.1, 0.15) is 5.69 Å². The van der Waals surface area contributed by atoms with Crippen molar-refractivity contribution in [2.75, 3.05) is 26.2 Å². The molecule has 3 heterocycles. The first-order valence-electron chi connectivity index (χ1n) is 8.29. The van der Waals surface area contributed by atoms with Gasteiger partial charge in [0.2, 0.25) is 0 Å². The molecule has 1 fully saturated rings. The van der Waals surface area contributed by atoms with E-state index in [4.69, 9.17) is 4.98 Å². The molecule has 3 rings (SSSR count). The summed E-state index contributed by atoms with van der Waals surface area (Å²) in [5.41, 5.74) is 1.89. The highest BCUT2D eigenvalue weighted by atomic mass is 32.1. The number of amides is 1. The maximum absolute atomic E-state index is 12.5. The summed E-state index contributed by atoms with van der Waals surface area (Å²) < 4.78 is 1.64. The lowest BCUT2D eigenvalue weighted by molar-refractivity contribution is 0.0616. The summed E-state index contributed by atoms with van der Waals surface area (Å²) in [7, 11) is 1.80. The van der Waals surface area contributed by atoms with Crippen molar-refractivity contribution in [3.05, 3.63) is 34.0 Å². The molecule has 1 aliphatic rings. The molecule has 6 nitrogen and oxygen atoms in total. The van der Waals surface area contributed by atoms with Crippen LogP contribution in [0.1, 0.15) is 42.0 Å². The van der Waals surface area contributed by atoms with E-state index in [1.807, 2.05) is 4.90 Å². The first-order chi connectivity index (χ1) is 11.3. The van der Waals surface area contributed by atoms with Gasteiger partial charge in [0, 0.05) is 56.8 Å². The fourth-order valence-electron chi connectivity index (χ4n) is 2.81. The van der Waals surface area contributed by atoms with E-state index < -0.39 is 0 Å². The molecule has 0 radical (unpaired) electrons. The third-order valence-corrected chi connectivity index (χ3v) is 5.60. The Balaban J connectivity index is 1.55. The van der Waals surface area contributed by atoms with Crippen LogP contribution in [-0.2, 0) is 19.0 Å². The SMILES string of the molecule is Cn1nccc1C(=O)N1CCN(Cc2csc(C(C)(C)C)n2)CC1. The van der Waals surface area contributed by atoms with Crippen LogP contribution < -0.4 is 0 Å². The zero-order valence-corrected chi connectivity index (χ0v) is 15.6. The van der Waals surface area contributed by atoms with Gasteiger partial charge in [-0.05, 0) is 6.07 Å². The van der Waals surface area contributed by atoms with Crippen LogP contribution in [0.3, 0.4) is 0 Å². The Morgan fingerprint density at radius 3 is 2.50 bits per heavy atom. The molecule has 0 aromatic carbocycles. The monoisotopic (exact) mass is 347 g/mol. The molecule has 0 spiro atoms. The number of hydrogen-bond acceptors (Lipinski definition) is 5. The second-order valence-corrected chi connectivity index (χ2v) is 8.16. The number of rotatable bonds is 3. The lowest BCUT2D eigenvalue weighted by Gasteiger charge is -2.34. The van der Waals surface area contributed by atoms with Crippen molar-refractivity contribution in [1.82, 2.24) is 24.6 Å². The summed E-state index contributed by atoms with van der Waals surface area (Å²) in [6.45, 7) is 10.7. The van der Waals surface area contributed by atoms with Crippen LogP contribution in [0.4, 0.5) is 0 Å². The topological polar surface area (TPSA) is 54.3 Å². The van der Waals surface area contributed by atoms with Gasteiger partial charge in [0.15, 0.2) is 0 Å². The first-order valence-corrected chi connectivity index (χ1v) is 9.17. The molecule has 2 aromatic rings. The Bertz CT molecular complexity index is 707. The molecule has 24 heavy (non-hydrogen) atoms. The van der Waals surface area contributed by atoms with Crippen molar-refractivity contribution in [2.45, 2.75) is 32.7 Å². The van der Waals surface area contributed by atoms with Crippen LogP contribution in [0.2, 0.25) is 0 Å². The number of carbonyl (C=O) groups excluding carboxylic acids is 1. The summed E-state index contributed by atoms with van der Waals surface area (Å²) in [4.78, 5) is 21.5. The Morgan fingerprint density at radius 2 is 1.96 bits per heavy atom. The van der Waals surface area contributed by atoms with Crippen LogP contribution in [0.25, 0.3) is 0 Å². The standard InChI is InChI=1S/C17H25N5OS/c1-17(2,3)16-19-13(12-24-16)11-21-7-9-22(10-8-21)15(23)14-5-6-18-20(14)4/h5-6,12H,7-11H2,1-4H3. The molecule has 0 aliphatic carbocycles. The minimum Gasteiger partial charge on any atom is -0.335 e. The zero-order chi connectivity index (χ0) is 17.3. The van der Waals surface area contributed by atoms with Crippen LogP contribution in [0.5, 0.6) is 0 Å². The fraction of sp³-hybridized carbons (Fsp3) is 0.588. The van der Waals surface area contributed by atoms with E-state index in [0.29, 0.717) is 5.69 Å². The smallest absolute Gasteiger partial charge is 0.272 e. The normalized spacial score (nSPS) is 16.6. The highest BCUT2D eigenvalue weighted by molar-refractivity contribution is 7.09. The van der Waals surface area contributed by atoms with Crippen LogP contribution in [-0.4, -0.2) is 56.7 Å². The molecule has 0 bridgehead atoms. The highest BCUT2D eigenvalue weighted by Crippen LogP contribution is 2.26. The quantitative estimate of drug-likeness (QED) is 0.853. The van der Waals surface area contributed by atoms with E-state index in [0.717, 1.165) is 38.4 Å². The van der Waals surface area contributed by atoms with Gasteiger partial charge in [-0.2, -0.15) is 5.10 Å². The van der Waals surface area contributed by atoms with Gasteiger partial charge in [-0.3, -0.25) is 14.4 Å². The van der Waals surface area contributed by atoms with Gasteiger partial charge >= 0.3 is 0 Å². The van der Waals surface area contributed by atoms with Gasteiger partial charge < -0.3 is 4.90 Å². The first kappa shape index (κ1) is 17.1. The van der Waals surface area contributed by atoms with Crippen molar-refractivity contribution in [3.63, 3.8) is 0 Å². The van der Waals surface area contributed by atoms with Gasteiger partial charge in [0.05, 0.1) is 10.7 Å². The predicted molar refractivity (Wildman–Crippen MR) is 95.2 cm³/mol. The molecular weight excluding hydrogens is 322 g/mol. The summed E-state index contributed by atoms with van der Waals surface area (Å²) in [6.07, 6.45) is 1.67. The molecule has 2 aromatic heterocycles. The van der Waals surface area contributed by atoms with Crippen molar-refractivity contribution >= 4 is 17.2 Å². The summed E-state index contributed by atoms with van der Waals surface area (Å²) in [5.74, 6) is 0.0679. The molecule has 130 valence electrons. The Morgan fingerprint density at radius 1 is 1.25 bits per heavy atom. The molecule has 0 unspecified atom stereocenters.